The fraction of sp³-hybridized carbons (Fsp3) is 0.360. The highest BCUT2D eigenvalue weighted by atomic mass is 16.3. The van der Waals surface area contributed by atoms with Gasteiger partial charge in [-0.3, -0.25) is 14.3 Å². The zero-order chi connectivity index (χ0) is 22.2. The lowest BCUT2D eigenvalue weighted by Crippen LogP contribution is -2.39. The van der Waals surface area contributed by atoms with Crippen molar-refractivity contribution in [2.45, 2.75) is 39.3 Å². The van der Waals surface area contributed by atoms with E-state index in [1.807, 2.05) is 60.9 Å². The largest absolute Gasteiger partial charge is 0.467 e. The standard InChI is InChI=1S/C25H28N4O3/c1-17-14-21(18(2)28(17)15-20-6-5-13-32-20)24(30)16-27-11-9-19(10-12-27)29-23-8-4-3-7-22(23)26-25(29)31/h3-8,13-14,19H,9-12,15-16H2,1-2H3,(H,26,31). The van der Waals surface area contributed by atoms with Gasteiger partial charge in [-0.15, -0.1) is 0 Å². The number of nitrogens with zero attached hydrogens (tertiary/aromatic N) is 3. The second kappa shape index (κ2) is 8.31. The average Bonchev–Trinajstić information content (AvgIpc) is 3.48. The predicted molar refractivity (Wildman–Crippen MR) is 123 cm³/mol. The van der Waals surface area contributed by atoms with Crippen LogP contribution in [0.3, 0.4) is 0 Å². The summed E-state index contributed by atoms with van der Waals surface area (Å²) in [7, 11) is 0. The van der Waals surface area contributed by atoms with Crippen LogP contribution in [0.25, 0.3) is 11.0 Å². The molecule has 166 valence electrons. The molecule has 0 saturated carbocycles. The summed E-state index contributed by atoms with van der Waals surface area (Å²) in [5.74, 6) is 1.02. The van der Waals surface area contributed by atoms with E-state index in [0.717, 1.165) is 59.7 Å². The Bertz CT molecular complexity index is 1300. The number of furan rings is 1. The molecular formula is C25H28N4O3. The van der Waals surface area contributed by atoms with Gasteiger partial charge in [-0.05, 0) is 57.0 Å². The summed E-state index contributed by atoms with van der Waals surface area (Å²) in [6.07, 6.45) is 3.38. The number of fused-ring (bicyclic) bond motifs is 1. The van der Waals surface area contributed by atoms with Gasteiger partial charge in [0.2, 0.25) is 0 Å². The third-order valence-corrected chi connectivity index (χ3v) is 6.68. The molecule has 0 unspecified atom stereocenters. The van der Waals surface area contributed by atoms with Crippen LogP contribution in [0.2, 0.25) is 0 Å². The number of carbonyl (C=O) groups excluding carboxylic acids is 1. The number of likely N-dealkylation sites (tertiary alicyclic amines) is 1. The molecule has 3 aromatic heterocycles. The number of piperidine rings is 1. The molecule has 0 bridgehead atoms. The summed E-state index contributed by atoms with van der Waals surface area (Å²) < 4.78 is 9.49. The Balaban J connectivity index is 1.25. The number of carbonyl (C=O) groups is 1. The van der Waals surface area contributed by atoms with Crippen molar-refractivity contribution >= 4 is 16.8 Å². The van der Waals surface area contributed by atoms with Crippen LogP contribution in [-0.2, 0) is 6.54 Å². The summed E-state index contributed by atoms with van der Waals surface area (Å²) in [4.78, 5) is 30.8. The van der Waals surface area contributed by atoms with Crippen molar-refractivity contribution in [1.29, 1.82) is 0 Å². The monoisotopic (exact) mass is 432 g/mol. The Morgan fingerprint density at radius 1 is 1.12 bits per heavy atom. The number of aryl methyl sites for hydroxylation is 1. The maximum absolute atomic E-state index is 13.1. The Kier molecular flexibility index (Phi) is 5.35. The smallest absolute Gasteiger partial charge is 0.326 e. The highest BCUT2D eigenvalue weighted by Gasteiger charge is 2.26. The van der Waals surface area contributed by atoms with Crippen LogP contribution < -0.4 is 5.69 Å². The Labute approximate surface area is 186 Å². The average molecular weight is 433 g/mol. The van der Waals surface area contributed by atoms with Crippen LogP contribution in [0.4, 0.5) is 0 Å². The molecule has 1 aromatic carbocycles. The quantitative estimate of drug-likeness (QED) is 0.469. The van der Waals surface area contributed by atoms with Gasteiger partial charge in [-0.25, -0.2) is 4.79 Å². The van der Waals surface area contributed by atoms with Gasteiger partial charge >= 0.3 is 5.69 Å². The number of ketones is 1. The first kappa shape index (κ1) is 20.6. The SMILES string of the molecule is Cc1cc(C(=O)CN2CCC(n3c(=O)[nH]c4ccccc43)CC2)c(C)n1Cc1ccco1. The van der Waals surface area contributed by atoms with Crippen molar-refractivity contribution in [1.82, 2.24) is 19.0 Å². The van der Waals surface area contributed by atoms with Crippen molar-refractivity contribution in [2.75, 3.05) is 19.6 Å². The number of aromatic nitrogens is 3. The van der Waals surface area contributed by atoms with E-state index in [4.69, 9.17) is 4.42 Å². The normalized spacial score (nSPS) is 15.6. The number of hydrogen-bond acceptors (Lipinski definition) is 4. The first-order chi connectivity index (χ1) is 15.5. The van der Waals surface area contributed by atoms with Crippen LogP contribution in [-0.4, -0.2) is 44.4 Å². The summed E-state index contributed by atoms with van der Waals surface area (Å²) in [5.41, 5.74) is 4.59. The zero-order valence-corrected chi connectivity index (χ0v) is 18.5. The molecule has 0 spiro atoms. The minimum Gasteiger partial charge on any atom is -0.467 e. The number of rotatable bonds is 6. The second-order valence-electron chi connectivity index (χ2n) is 8.70. The first-order valence-corrected chi connectivity index (χ1v) is 11.1. The number of para-hydroxylation sites is 2. The fourth-order valence-electron chi connectivity index (χ4n) is 4.95. The number of benzene rings is 1. The zero-order valence-electron chi connectivity index (χ0n) is 18.5. The fourth-order valence-corrected chi connectivity index (χ4v) is 4.95. The summed E-state index contributed by atoms with van der Waals surface area (Å²) >= 11 is 0. The predicted octanol–water partition coefficient (Wildman–Crippen LogP) is 3.91. The van der Waals surface area contributed by atoms with E-state index in [-0.39, 0.29) is 17.5 Å². The lowest BCUT2D eigenvalue weighted by molar-refractivity contribution is 0.0897. The molecule has 5 rings (SSSR count). The number of Topliss-reactive ketones (excluding diaryl/α,β-unsaturated/α-hetero) is 1. The molecule has 0 atom stereocenters. The van der Waals surface area contributed by atoms with Crippen LogP contribution in [0, 0.1) is 13.8 Å². The van der Waals surface area contributed by atoms with Crippen molar-refractivity contribution in [2.24, 2.45) is 0 Å². The van der Waals surface area contributed by atoms with Crippen molar-refractivity contribution < 1.29 is 9.21 Å². The number of hydrogen-bond donors (Lipinski definition) is 1. The third kappa shape index (κ3) is 3.73. The summed E-state index contributed by atoms with van der Waals surface area (Å²) in [6, 6.07) is 13.8. The van der Waals surface area contributed by atoms with E-state index in [0.29, 0.717) is 13.1 Å². The lowest BCUT2D eigenvalue weighted by Gasteiger charge is -2.32. The lowest BCUT2D eigenvalue weighted by atomic mass is 10.0. The Morgan fingerprint density at radius 3 is 2.66 bits per heavy atom. The topological polar surface area (TPSA) is 76.2 Å². The van der Waals surface area contributed by atoms with Gasteiger partial charge in [0.15, 0.2) is 5.78 Å². The number of H-pyrrole nitrogens is 1. The Morgan fingerprint density at radius 2 is 1.91 bits per heavy atom. The molecule has 0 radical (unpaired) electrons. The molecule has 0 aliphatic carbocycles. The molecule has 1 fully saturated rings. The molecule has 4 heterocycles. The van der Waals surface area contributed by atoms with E-state index < -0.39 is 0 Å². The van der Waals surface area contributed by atoms with Gasteiger partial charge in [0.1, 0.15) is 5.76 Å². The molecule has 32 heavy (non-hydrogen) atoms. The first-order valence-electron chi connectivity index (χ1n) is 11.1. The van der Waals surface area contributed by atoms with E-state index in [1.54, 1.807) is 6.26 Å². The van der Waals surface area contributed by atoms with Gasteiger partial charge < -0.3 is 14.0 Å². The number of aromatic amines is 1. The molecule has 1 N–H and O–H groups in total. The van der Waals surface area contributed by atoms with Gasteiger partial charge in [0, 0.05) is 36.1 Å². The number of imidazole rings is 1. The molecule has 0 amide bonds. The third-order valence-electron chi connectivity index (χ3n) is 6.68. The van der Waals surface area contributed by atoms with Crippen molar-refractivity contribution in [3.63, 3.8) is 0 Å². The van der Waals surface area contributed by atoms with Gasteiger partial charge in [-0.2, -0.15) is 0 Å². The molecule has 1 aliphatic heterocycles. The maximum atomic E-state index is 13.1. The highest BCUT2D eigenvalue weighted by molar-refractivity contribution is 5.99. The van der Waals surface area contributed by atoms with Crippen LogP contribution in [0.5, 0.6) is 0 Å². The molecule has 1 saturated heterocycles. The maximum Gasteiger partial charge on any atom is 0.326 e. The molecule has 1 aliphatic rings. The van der Waals surface area contributed by atoms with Crippen LogP contribution >= 0.6 is 0 Å². The van der Waals surface area contributed by atoms with Crippen LogP contribution in [0.1, 0.15) is 46.4 Å². The Hall–Kier alpha value is -3.32. The molecule has 7 heteroatoms. The van der Waals surface area contributed by atoms with Crippen molar-refractivity contribution in [3.8, 4) is 0 Å². The van der Waals surface area contributed by atoms with E-state index in [9.17, 15) is 9.59 Å². The highest BCUT2D eigenvalue weighted by Crippen LogP contribution is 2.25. The molecular weight excluding hydrogens is 404 g/mol. The molecule has 7 nitrogen and oxygen atoms in total. The second-order valence-corrected chi connectivity index (χ2v) is 8.70. The van der Waals surface area contributed by atoms with Gasteiger partial charge in [0.25, 0.3) is 0 Å². The van der Waals surface area contributed by atoms with E-state index in [1.165, 1.54) is 0 Å². The van der Waals surface area contributed by atoms with E-state index >= 15 is 0 Å². The van der Waals surface area contributed by atoms with Crippen LogP contribution in [0.15, 0.2) is 57.9 Å². The number of nitrogens with one attached hydrogen (secondary N) is 1. The van der Waals surface area contributed by atoms with E-state index in [2.05, 4.69) is 14.5 Å². The summed E-state index contributed by atoms with van der Waals surface area (Å²) in [5, 5.41) is 0. The van der Waals surface area contributed by atoms with Gasteiger partial charge in [-0.1, -0.05) is 12.1 Å². The molecule has 4 aromatic rings. The minimum atomic E-state index is -0.0512. The van der Waals surface area contributed by atoms with Gasteiger partial charge in [0.05, 0.1) is 30.4 Å². The van der Waals surface area contributed by atoms with Crippen molar-refractivity contribution in [3.05, 3.63) is 81.9 Å². The summed E-state index contributed by atoms with van der Waals surface area (Å²) in [6.45, 7) is 6.65. The minimum absolute atomic E-state index is 0.0512.